The van der Waals surface area contributed by atoms with E-state index >= 15 is 0 Å². The van der Waals surface area contributed by atoms with Gasteiger partial charge in [-0.05, 0) is 11.6 Å². The predicted molar refractivity (Wildman–Crippen MR) is 78.2 cm³/mol. The van der Waals surface area contributed by atoms with E-state index in [9.17, 15) is 4.79 Å². The van der Waals surface area contributed by atoms with E-state index in [-0.39, 0.29) is 12.1 Å². The van der Waals surface area contributed by atoms with E-state index in [0.717, 1.165) is 12.2 Å². The van der Waals surface area contributed by atoms with E-state index in [4.69, 9.17) is 4.74 Å². The minimum Gasteiger partial charge on any atom is -0.488 e. The van der Waals surface area contributed by atoms with Gasteiger partial charge in [0.05, 0.1) is 12.9 Å². The first-order valence-electron chi connectivity index (χ1n) is 7.03. The van der Waals surface area contributed by atoms with Crippen molar-refractivity contribution in [3.05, 3.63) is 48.5 Å². The Balaban J connectivity index is 1.35. The SMILES string of the molecule is O=C(NCCn1ccnc1)NC[C@H]1Cc2ccccc2O1. The number of benzene rings is 1. The number of fused-ring (bicyclic) bond motifs is 1. The van der Waals surface area contributed by atoms with Crippen LogP contribution in [0, 0.1) is 0 Å². The molecule has 21 heavy (non-hydrogen) atoms. The Morgan fingerprint density at radius 1 is 1.38 bits per heavy atom. The average molecular weight is 286 g/mol. The molecule has 1 aliphatic heterocycles. The lowest BCUT2D eigenvalue weighted by Crippen LogP contribution is -2.41. The number of ether oxygens (including phenoxy) is 1. The summed E-state index contributed by atoms with van der Waals surface area (Å²) < 4.78 is 7.68. The van der Waals surface area contributed by atoms with Gasteiger partial charge in [0.25, 0.3) is 0 Å². The van der Waals surface area contributed by atoms with Crippen LogP contribution in [0.1, 0.15) is 5.56 Å². The third-order valence-corrected chi connectivity index (χ3v) is 3.42. The number of carbonyl (C=O) groups excluding carboxylic acids is 1. The highest BCUT2D eigenvalue weighted by Crippen LogP contribution is 2.27. The number of hydrogen-bond donors (Lipinski definition) is 2. The van der Waals surface area contributed by atoms with Crippen molar-refractivity contribution < 1.29 is 9.53 Å². The molecule has 0 radical (unpaired) electrons. The molecule has 0 fully saturated rings. The second kappa shape index (κ2) is 6.30. The van der Waals surface area contributed by atoms with Gasteiger partial charge in [0.2, 0.25) is 0 Å². The van der Waals surface area contributed by atoms with Gasteiger partial charge in [-0.25, -0.2) is 9.78 Å². The average Bonchev–Trinajstić information content (AvgIpc) is 3.13. The third kappa shape index (κ3) is 3.53. The summed E-state index contributed by atoms with van der Waals surface area (Å²) in [6.45, 7) is 1.78. The van der Waals surface area contributed by atoms with E-state index in [2.05, 4.69) is 21.7 Å². The quantitative estimate of drug-likeness (QED) is 0.867. The summed E-state index contributed by atoms with van der Waals surface area (Å²) in [6, 6.07) is 7.80. The Bertz CT molecular complexity index is 572. The van der Waals surface area contributed by atoms with Crippen LogP contribution in [-0.2, 0) is 13.0 Å². The molecular weight excluding hydrogens is 268 g/mol. The summed E-state index contributed by atoms with van der Waals surface area (Å²) >= 11 is 0. The third-order valence-electron chi connectivity index (χ3n) is 3.42. The smallest absolute Gasteiger partial charge is 0.314 e. The largest absolute Gasteiger partial charge is 0.488 e. The zero-order valence-electron chi connectivity index (χ0n) is 11.7. The lowest BCUT2D eigenvalue weighted by molar-refractivity contribution is 0.214. The van der Waals surface area contributed by atoms with Gasteiger partial charge in [0.1, 0.15) is 11.9 Å². The lowest BCUT2D eigenvalue weighted by Gasteiger charge is -2.12. The molecular formula is C15H18N4O2. The van der Waals surface area contributed by atoms with E-state index in [0.29, 0.717) is 19.6 Å². The van der Waals surface area contributed by atoms with Crippen LogP contribution in [0.5, 0.6) is 5.75 Å². The molecule has 2 amide bonds. The van der Waals surface area contributed by atoms with Gasteiger partial charge in [-0.1, -0.05) is 18.2 Å². The van der Waals surface area contributed by atoms with Crippen LogP contribution in [-0.4, -0.2) is 34.8 Å². The standard InChI is InChI=1S/C15H18N4O2/c20-15(17-6-8-19-7-5-16-11-19)18-10-13-9-12-3-1-2-4-14(12)21-13/h1-5,7,11,13H,6,8-10H2,(H2,17,18,20)/t13-/m1/s1. The topological polar surface area (TPSA) is 68.2 Å². The first-order valence-corrected chi connectivity index (χ1v) is 7.03. The molecule has 1 aromatic carbocycles. The van der Waals surface area contributed by atoms with E-state index in [1.165, 1.54) is 5.56 Å². The molecule has 110 valence electrons. The molecule has 6 heteroatoms. The Hall–Kier alpha value is -2.50. The molecule has 2 N–H and O–H groups in total. The van der Waals surface area contributed by atoms with Gasteiger partial charge in [0.15, 0.2) is 0 Å². The monoisotopic (exact) mass is 286 g/mol. The Morgan fingerprint density at radius 2 is 2.29 bits per heavy atom. The minimum atomic E-state index is -0.172. The fraction of sp³-hybridized carbons (Fsp3) is 0.333. The summed E-state index contributed by atoms with van der Waals surface area (Å²) in [4.78, 5) is 15.6. The zero-order valence-corrected chi connectivity index (χ0v) is 11.7. The summed E-state index contributed by atoms with van der Waals surface area (Å²) in [6.07, 6.45) is 6.16. The first kappa shape index (κ1) is 13.5. The molecule has 2 aromatic rings. The van der Waals surface area contributed by atoms with Crippen molar-refractivity contribution in [1.82, 2.24) is 20.2 Å². The van der Waals surface area contributed by atoms with E-state index < -0.39 is 0 Å². The minimum absolute atomic E-state index is 0.0156. The lowest BCUT2D eigenvalue weighted by atomic mass is 10.1. The number of aromatic nitrogens is 2. The maximum atomic E-state index is 11.7. The zero-order chi connectivity index (χ0) is 14.5. The van der Waals surface area contributed by atoms with Crippen LogP contribution in [0.15, 0.2) is 43.0 Å². The number of para-hydroxylation sites is 1. The molecule has 1 atom stereocenters. The van der Waals surface area contributed by atoms with Crippen LogP contribution in [0.2, 0.25) is 0 Å². The van der Waals surface area contributed by atoms with E-state index in [1.54, 1.807) is 12.5 Å². The number of rotatable bonds is 5. The summed E-state index contributed by atoms with van der Waals surface area (Å²) in [5, 5.41) is 5.65. The number of urea groups is 1. The van der Waals surface area contributed by atoms with Crippen molar-refractivity contribution in [2.75, 3.05) is 13.1 Å². The van der Waals surface area contributed by atoms with Crippen LogP contribution in [0.3, 0.4) is 0 Å². The summed E-state index contributed by atoms with van der Waals surface area (Å²) in [7, 11) is 0. The van der Waals surface area contributed by atoms with Crippen molar-refractivity contribution in [3.8, 4) is 5.75 Å². The Labute approximate surface area is 123 Å². The van der Waals surface area contributed by atoms with Crippen molar-refractivity contribution in [3.63, 3.8) is 0 Å². The second-order valence-corrected chi connectivity index (χ2v) is 4.99. The number of carbonyl (C=O) groups is 1. The Kier molecular flexibility index (Phi) is 4.04. The highest BCUT2D eigenvalue weighted by atomic mass is 16.5. The maximum absolute atomic E-state index is 11.7. The van der Waals surface area contributed by atoms with Crippen LogP contribution >= 0.6 is 0 Å². The number of nitrogens with zero attached hydrogens (tertiary/aromatic N) is 2. The molecule has 0 aliphatic carbocycles. The van der Waals surface area contributed by atoms with Crippen LogP contribution < -0.4 is 15.4 Å². The van der Waals surface area contributed by atoms with E-state index in [1.807, 2.05) is 29.0 Å². The van der Waals surface area contributed by atoms with Crippen molar-refractivity contribution in [1.29, 1.82) is 0 Å². The number of imidazole rings is 1. The molecule has 1 aliphatic rings. The molecule has 0 spiro atoms. The Morgan fingerprint density at radius 3 is 3.10 bits per heavy atom. The molecule has 3 rings (SSSR count). The van der Waals surface area contributed by atoms with Gasteiger partial charge in [-0.15, -0.1) is 0 Å². The van der Waals surface area contributed by atoms with Crippen LogP contribution in [0.4, 0.5) is 4.79 Å². The maximum Gasteiger partial charge on any atom is 0.314 e. The number of nitrogens with one attached hydrogen (secondary N) is 2. The van der Waals surface area contributed by atoms with Crippen molar-refractivity contribution in [2.24, 2.45) is 0 Å². The van der Waals surface area contributed by atoms with Crippen molar-refractivity contribution in [2.45, 2.75) is 19.1 Å². The molecule has 2 heterocycles. The van der Waals surface area contributed by atoms with Crippen LogP contribution in [0.25, 0.3) is 0 Å². The number of hydrogen-bond acceptors (Lipinski definition) is 3. The van der Waals surface area contributed by atoms with Gasteiger partial charge in [-0.2, -0.15) is 0 Å². The summed E-state index contributed by atoms with van der Waals surface area (Å²) in [5.41, 5.74) is 1.20. The molecule has 6 nitrogen and oxygen atoms in total. The number of amides is 2. The molecule has 0 bridgehead atoms. The fourth-order valence-corrected chi connectivity index (χ4v) is 2.35. The van der Waals surface area contributed by atoms with Crippen molar-refractivity contribution >= 4 is 6.03 Å². The normalized spacial score (nSPS) is 16.1. The fourth-order valence-electron chi connectivity index (χ4n) is 2.35. The van der Waals surface area contributed by atoms with Gasteiger partial charge < -0.3 is 19.9 Å². The molecule has 0 saturated heterocycles. The highest BCUT2D eigenvalue weighted by Gasteiger charge is 2.22. The second-order valence-electron chi connectivity index (χ2n) is 4.99. The first-order chi connectivity index (χ1) is 10.3. The highest BCUT2D eigenvalue weighted by molar-refractivity contribution is 5.73. The van der Waals surface area contributed by atoms with Gasteiger partial charge in [0, 0.05) is 31.9 Å². The molecule has 0 saturated carbocycles. The summed E-state index contributed by atoms with van der Waals surface area (Å²) in [5.74, 6) is 0.921. The molecule has 0 unspecified atom stereocenters. The van der Waals surface area contributed by atoms with Gasteiger partial charge in [-0.3, -0.25) is 0 Å². The molecule has 1 aromatic heterocycles. The predicted octanol–water partition coefficient (Wildman–Crippen LogP) is 1.19. The van der Waals surface area contributed by atoms with Gasteiger partial charge >= 0.3 is 6.03 Å².